The van der Waals surface area contributed by atoms with Gasteiger partial charge < -0.3 is 45.3 Å². The van der Waals surface area contributed by atoms with Crippen molar-refractivity contribution in [1.82, 2.24) is 31.1 Å². The number of ether oxygens (including phenoxy) is 3. The first-order valence-corrected chi connectivity index (χ1v) is 24.2. The molecule has 3 rings (SSSR count). The zero-order valence-corrected chi connectivity index (χ0v) is 42.4. The Kier molecular flexibility index (Phi) is 21.8. The second-order valence-electron chi connectivity index (χ2n) is 19.9. The summed E-state index contributed by atoms with van der Waals surface area (Å²) in [4.78, 5) is 117. The van der Waals surface area contributed by atoms with Crippen LogP contribution in [0.25, 0.3) is 0 Å². The number of Topliss-reactive ketones (excluding diaryl/α,β-unsaturated/α-hetero) is 1. The number of carbonyl (C=O) groups is 8. The molecule has 0 bridgehead atoms. The molecule has 5 amide bonds. The molecule has 1 aromatic carbocycles. The standard InChI is InChI=1S/C50H80N6O11/c1-15-30(8)41-31(9)25-40(57)67-44(29(6)7)43(58)32(10)45(59)52-37(24-28(4)5)48(62)56-22-16-17-38(56)49(63)55(13)39(26-34-18-20-35(65-14)21-19-34)50(64)66-33(11)42(47(61)53-41)54-46(60)36(51-12)23-27(2)3/h18-21,27-33,36-39,41-42,44,51H,15-17,22-26H2,1-14H3,(H,52,59)(H,53,61)(H,54,60)/t30-,31-,32-,33+,36+,37-,38?,39-,41+,42-,44-/m0/s1. The van der Waals surface area contributed by atoms with Crippen LogP contribution >= 0.6 is 0 Å². The van der Waals surface area contributed by atoms with Crippen molar-refractivity contribution in [3.05, 3.63) is 29.8 Å². The number of hydrogen-bond donors (Lipinski definition) is 4. The third-order valence-electron chi connectivity index (χ3n) is 13.2. The van der Waals surface area contributed by atoms with Crippen LogP contribution < -0.4 is 26.0 Å². The quantitative estimate of drug-likeness (QED) is 0.163. The van der Waals surface area contributed by atoms with Crippen LogP contribution in [0.5, 0.6) is 5.75 Å². The molecule has 0 aromatic heterocycles. The van der Waals surface area contributed by atoms with E-state index < -0.39 is 113 Å². The normalized spacial score (nSPS) is 27.8. The molecule has 2 aliphatic heterocycles. The molecule has 17 nitrogen and oxygen atoms in total. The van der Waals surface area contributed by atoms with E-state index in [1.807, 2.05) is 41.5 Å². The van der Waals surface area contributed by atoms with E-state index in [1.165, 1.54) is 37.8 Å². The number of carbonyl (C=O) groups excluding carboxylic acids is 8. The molecule has 67 heavy (non-hydrogen) atoms. The molecule has 0 aliphatic carbocycles. The third-order valence-corrected chi connectivity index (χ3v) is 13.2. The summed E-state index contributed by atoms with van der Waals surface area (Å²) in [6.45, 7) is 19.8. The van der Waals surface area contributed by atoms with E-state index in [1.54, 1.807) is 52.1 Å². The fraction of sp³-hybridized carbons (Fsp3) is 0.720. The van der Waals surface area contributed by atoms with Crippen molar-refractivity contribution < 1.29 is 52.6 Å². The van der Waals surface area contributed by atoms with Crippen LogP contribution in [-0.2, 0) is 54.3 Å². The molecule has 2 aliphatic rings. The van der Waals surface area contributed by atoms with Crippen molar-refractivity contribution in [2.75, 3.05) is 27.7 Å². The summed E-state index contributed by atoms with van der Waals surface area (Å²) >= 11 is 0. The maximum absolute atomic E-state index is 14.7. The van der Waals surface area contributed by atoms with Gasteiger partial charge in [0.25, 0.3) is 0 Å². The molecule has 2 heterocycles. The summed E-state index contributed by atoms with van der Waals surface area (Å²) in [6.07, 6.45) is -0.807. The minimum Gasteiger partial charge on any atom is -0.497 e. The van der Waals surface area contributed by atoms with Crippen LogP contribution in [0.1, 0.15) is 120 Å². The van der Waals surface area contributed by atoms with Crippen LogP contribution in [0, 0.1) is 35.5 Å². The average Bonchev–Trinajstić information content (AvgIpc) is 3.77. The molecule has 0 radical (unpaired) electrons. The van der Waals surface area contributed by atoms with Crippen molar-refractivity contribution in [2.24, 2.45) is 35.5 Å². The van der Waals surface area contributed by atoms with Crippen molar-refractivity contribution in [3.63, 3.8) is 0 Å². The predicted molar refractivity (Wildman–Crippen MR) is 253 cm³/mol. The lowest BCUT2D eigenvalue weighted by atomic mass is 9.86. The summed E-state index contributed by atoms with van der Waals surface area (Å²) in [7, 11) is 4.63. The molecule has 0 spiro atoms. The van der Waals surface area contributed by atoms with Crippen molar-refractivity contribution in [3.8, 4) is 5.75 Å². The Bertz CT molecular complexity index is 1870. The number of nitrogens with zero attached hydrogens (tertiary/aromatic N) is 2. The van der Waals surface area contributed by atoms with E-state index in [9.17, 15) is 38.4 Å². The SMILES string of the molecule is CC[C@H](C)[C@H]1NC(=O)[C@@H](NC(=O)[C@@H](CC(C)C)NC)[C@@H](C)OC(=O)[C@H](Cc2ccc(OC)cc2)N(C)C(=O)C2CCCN2C(=O)[C@H](CC(C)C)NC(=O)[C@@H](C)C(=O)[C@H](C(C)C)OC(=O)C[C@@H]1C. The van der Waals surface area contributed by atoms with Crippen LogP contribution in [0.3, 0.4) is 0 Å². The third kappa shape index (κ3) is 15.5. The second kappa shape index (κ2) is 25.9. The van der Waals surface area contributed by atoms with E-state index in [0.717, 1.165) is 0 Å². The lowest BCUT2D eigenvalue weighted by Crippen LogP contribution is -2.60. The Hall–Kier alpha value is -5.06. The summed E-state index contributed by atoms with van der Waals surface area (Å²) < 4.78 is 17.3. The number of benzene rings is 1. The van der Waals surface area contributed by atoms with Crippen molar-refractivity contribution >= 4 is 47.3 Å². The van der Waals surface area contributed by atoms with Gasteiger partial charge in [0.15, 0.2) is 11.9 Å². The van der Waals surface area contributed by atoms with Gasteiger partial charge in [-0.2, -0.15) is 0 Å². The number of ketones is 1. The molecule has 11 atom stereocenters. The predicted octanol–water partition coefficient (Wildman–Crippen LogP) is 3.98. The van der Waals surface area contributed by atoms with Gasteiger partial charge in [0.05, 0.1) is 25.5 Å². The molecule has 17 heteroatoms. The number of nitrogens with one attached hydrogen (secondary N) is 4. The number of esters is 2. The Morgan fingerprint density at radius 1 is 0.881 bits per heavy atom. The summed E-state index contributed by atoms with van der Waals surface area (Å²) in [6, 6.07) is 0.822. The Labute approximate surface area is 398 Å². The number of rotatable bonds is 13. The van der Waals surface area contributed by atoms with Crippen molar-refractivity contribution in [1.29, 1.82) is 0 Å². The number of cyclic esters (lactones) is 2. The fourth-order valence-corrected chi connectivity index (χ4v) is 8.87. The molecule has 2 saturated heterocycles. The monoisotopic (exact) mass is 941 g/mol. The van der Waals surface area contributed by atoms with Gasteiger partial charge in [-0.1, -0.05) is 80.9 Å². The summed E-state index contributed by atoms with van der Waals surface area (Å²) in [5.41, 5.74) is 0.659. The van der Waals surface area contributed by atoms with Gasteiger partial charge in [-0.25, -0.2) is 4.79 Å². The highest BCUT2D eigenvalue weighted by Crippen LogP contribution is 2.26. The maximum Gasteiger partial charge on any atom is 0.329 e. The first-order chi connectivity index (χ1) is 31.4. The van der Waals surface area contributed by atoms with Gasteiger partial charge in [0, 0.05) is 26.1 Å². The Morgan fingerprint density at radius 2 is 1.52 bits per heavy atom. The van der Waals surface area contributed by atoms with Crippen molar-refractivity contribution in [2.45, 2.75) is 170 Å². The van der Waals surface area contributed by atoms with E-state index >= 15 is 0 Å². The zero-order valence-electron chi connectivity index (χ0n) is 42.4. The van der Waals surface area contributed by atoms with E-state index in [0.29, 0.717) is 30.6 Å². The first-order valence-electron chi connectivity index (χ1n) is 24.2. The largest absolute Gasteiger partial charge is 0.497 e. The topological polar surface area (TPSA) is 219 Å². The molecule has 2 fully saturated rings. The smallest absolute Gasteiger partial charge is 0.329 e. The van der Waals surface area contributed by atoms with Gasteiger partial charge in [-0.3, -0.25) is 33.6 Å². The Balaban J connectivity index is 2.23. The van der Waals surface area contributed by atoms with Crippen LogP contribution in [0.2, 0.25) is 0 Å². The summed E-state index contributed by atoms with van der Waals surface area (Å²) in [5.74, 6) is -7.09. The van der Waals surface area contributed by atoms with E-state index in [2.05, 4.69) is 21.3 Å². The number of methoxy groups -OCH3 is 1. The number of amides is 5. The zero-order chi connectivity index (χ0) is 50.4. The molecule has 4 N–H and O–H groups in total. The molecule has 1 aromatic rings. The van der Waals surface area contributed by atoms with Gasteiger partial charge in [0.2, 0.25) is 29.5 Å². The van der Waals surface area contributed by atoms with Crippen LogP contribution in [0.4, 0.5) is 0 Å². The highest BCUT2D eigenvalue weighted by Gasteiger charge is 2.44. The minimum atomic E-state index is -1.43. The Morgan fingerprint density at radius 3 is 2.07 bits per heavy atom. The van der Waals surface area contributed by atoms with Gasteiger partial charge >= 0.3 is 11.9 Å². The first kappa shape index (κ1) is 56.3. The van der Waals surface area contributed by atoms with Crippen LogP contribution in [-0.4, -0.2) is 133 Å². The number of likely N-dealkylation sites (N-methyl/N-ethyl adjacent to an activating group) is 2. The van der Waals surface area contributed by atoms with E-state index in [4.69, 9.17) is 14.2 Å². The van der Waals surface area contributed by atoms with E-state index in [-0.39, 0.29) is 50.0 Å². The maximum atomic E-state index is 14.7. The van der Waals surface area contributed by atoms with Gasteiger partial charge in [0.1, 0.15) is 36.0 Å². The molecule has 376 valence electrons. The average molecular weight is 941 g/mol. The molecular formula is C50H80N6O11. The lowest BCUT2D eigenvalue weighted by molar-refractivity contribution is -0.162. The van der Waals surface area contributed by atoms with Crippen LogP contribution in [0.15, 0.2) is 24.3 Å². The summed E-state index contributed by atoms with van der Waals surface area (Å²) in [5, 5.41) is 11.7. The highest BCUT2D eigenvalue weighted by molar-refractivity contribution is 6.05. The lowest BCUT2D eigenvalue weighted by Gasteiger charge is -2.35. The fourth-order valence-electron chi connectivity index (χ4n) is 8.87. The molecular weight excluding hydrogens is 861 g/mol. The molecule has 1 unspecified atom stereocenters. The number of fused-ring (bicyclic) bond motifs is 1. The van der Waals surface area contributed by atoms with Gasteiger partial charge in [-0.05, 0) is 93.9 Å². The second-order valence-corrected chi connectivity index (χ2v) is 19.9. The molecule has 0 saturated carbocycles. The number of hydrogen-bond acceptors (Lipinski definition) is 12. The minimum absolute atomic E-state index is 0.0169. The van der Waals surface area contributed by atoms with Gasteiger partial charge in [-0.15, -0.1) is 0 Å². The highest BCUT2D eigenvalue weighted by atomic mass is 16.6.